The lowest BCUT2D eigenvalue weighted by atomic mass is 10.1. The van der Waals surface area contributed by atoms with Gasteiger partial charge in [-0.05, 0) is 24.5 Å². The minimum Gasteiger partial charge on any atom is -0.439 e. The van der Waals surface area contributed by atoms with Gasteiger partial charge in [-0.25, -0.2) is 4.98 Å². The molecule has 0 saturated carbocycles. The number of nitrogens with zero attached hydrogens (tertiary/aromatic N) is 1. The van der Waals surface area contributed by atoms with Crippen LogP contribution in [0.15, 0.2) is 28.7 Å². The molecule has 1 N–H and O–H groups in total. The highest BCUT2D eigenvalue weighted by Crippen LogP contribution is 2.17. The largest absolute Gasteiger partial charge is 0.439 e. The molecule has 1 aliphatic rings. The fourth-order valence-corrected chi connectivity index (χ4v) is 2.25. The molecule has 5 nitrogen and oxygen atoms in total. The molecule has 2 aromatic rings. The first-order valence-electron chi connectivity index (χ1n) is 6.50. The van der Waals surface area contributed by atoms with E-state index in [0.717, 1.165) is 24.1 Å². The van der Waals surface area contributed by atoms with Crippen molar-refractivity contribution < 1.29 is 13.9 Å². The average molecular weight is 260 g/mol. The molecule has 0 aliphatic carbocycles. The SMILES string of the molecule is O=C(C[C@@H]1CCOC1)NCc1nc2ccccc2o1. The molecule has 1 aliphatic heterocycles. The van der Waals surface area contributed by atoms with E-state index in [4.69, 9.17) is 9.15 Å². The van der Waals surface area contributed by atoms with E-state index in [-0.39, 0.29) is 5.91 Å². The van der Waals surface area contributed by atoms with Crippen molar-refractivity contribution >= 4 is 17.0 Å². The molecule has 0 unspecified atom stereocenters. The molecule has 1 fully saturated rings. The number of amides is 1. The molecule has 2 heterocycles. The minimum atomic E-state index is 0.0257. The van der Waals surface area contributed by atoms with E-state index < -0.39 is 0 Å². The Morgan fingerprint density at radius 2 is 2.32 bits per heavy atom. The fraction of sp³-hybridized carbons (Fsp3) is 0.429. The molecule has 100 valence electrons. The first kappa shape index (κ1) is 12.2. The summed E-state index contributed by atoms with van der Waals surface area (Å²) in [4.78, 5) is 16.1. The van der Waals surface area contributed by atoms with Crippen LogP contribution < -0.4 is 5.32 Å². The zero-order valence-corrected chi connectivity index (χ0v) is 10.6. The third kappa shape index (κ3) is 2.93. The summed E-state index contributed by atoms with van der Waals surface area (Å²) in [6, 6.07) is 7.56. The molecule has 19 heavy (non-hydrogen) atoms. The number of carbonyl (C=O) groups excluding carboxylic acids is 1. The van der Waals surface area contributed by atoms with Crippen molar-refractivity contribution in [1.29, 1.82) is 0 Å². The molecular formula is C14H16N2O3. The Bertz CT molecular complexity index is 540. The van der Waals surface area contributed by atoms with Gasteiger partial charge in [-0.2, -0.15) is 0 Å². The van der Waals surface area contributed by atoms with Gasteiger partial charge in [0.2, 0.25) is 11.8 Å². The zero-order valence-electron chi connectivity index (χ0n) is 10.6. The topological polar surface area (TPSA) is 64.4 Å². The second-order valence-corrected chi connectivity index (χ2v) is 4.79. The third-order valence-electron chi connectivity index (χ3n) is 3.27. The van der Waals surface area contributed by atoms with Crippen molar-refractivity contribution in [3.63, 3.8) is 0 Å². The maximum absolute atomic E-state index is 11.8. The highest BCUT2D eigenvalue weighted by molar-refractivity contribution is 5.76. The number of hydrogen-bond donors (Lipinski definition) is 1. The number of nitrogens with one attached hydrogen (secondary N) is 1. The molecule has 1 saturated heterocycles. The Kier molecular flexibility index (Phi) is 3.46. The molecule has 1 aromatic carbocycles. The summed E-state index contributed by atoms with van der Waals surface area (Å²) in [6.07, 6.45) is 1.48. The lowest BCUT2D eigenvalue weighted by molar-refractivity contribution is -0.122. The van der Waals surface area contributed by atoms with E-state index >= 15 is 0 Å². The molecule has 1 amide bonds. The number of hydrogen-bond acceptors (Lipinski definition) is 4. The highest BCUT2D eigenvalue weighted by Gasteiger charge is 2.19. The van der Waals surface area contributed by atoms with Crippen molar-refractivity contribution in [1.82, 2.24) is 10.3 Å². The standard InChI is InChI=1S/C14H16N2O3/c17-13(7-10-5-6-18-9-10)15-8-14-16-11-3-1-2-4-12(11)19-14/h1-4,10H,5-9H2,(H,15,17)/t10-/m0/s1. The molecule has 1 aromatic heterocycles. The number of carbonyl (C=O) groups is 1. The predicted octanol–water partition coefficient (Wildman–Crippen LogP) is 1.87. The summed E-state index contributed by atoms with van der Waals surface area (Å²) in [5, 5.41) is 2.84. The molecule has 0 spiro atoms. The number of oxazole rings is 1. The molecule has 0 radical (unpaired) electrons. The number of fused-ring (bicyclic) bond motifs is 1. The normalized spacial score (nSPS) is 18.8. The van der Waals surface area contributed by atoms with Gasteiger partial charge in [0.25, 0.3) is 0 Å². The van der Waals surface area contributed by atoms with Gasteiger partial charge in [0.05, 0.1) is 6.54 Å². The van der Waals surface area contributed by atoms with Crippen LogP contribution >= 0.6 is 0 Å². The number of rotatable bonds is 4. The molecular weight excluding hydrogens is 244 g/mol. The summed E-state index contributed by atoms with van der Waals surface area (Å²) in [5.74, 6) is 0.915. The van der Waals surface area contributed by atoms with Crippen molar-refractivity contribution in [2.24, 2.45) is 5.92 Å². The summed E-state index contributed by atoms with van der Waals surface area (Å²) < 4.78 is 10.8. The number of para-hydroxylation sites is 2. The predicted molar refractivity (Wildman–Crippen MR) is 69.4 cm³/mol. The average Bonchev–Trinajstić information content (AvgIpc) is 3.04. The van der Waals surface area contributed by atoms with Crippen LogP contribution in [0.1, 0.15) is 18.7 Å². The van der Waals surface area contributed by atoms with Gasteiger partial charge in [0, 0.05) is 19.6 Å². The molecule has 5 heteroatoms. The summed E-state index contributed by atoms with van der Waals surface area (Å²) in [5.41, 5.74) is 1.56. The Hall–Kier alpha value is -1.88. The summed E-state index contributed by atoms with van der Waals surface area (Å²) in [6.45, 7) is 1.79. The van der Waals surface area contributed by atoms with Gasteiger partial charge in [0.1, 0.15) is 5.52 Å². The monoisotopic (exact) mass is 260 g/mol. The fourth-order valence-electron chi connectivity index (χ4n) is 2.25. The van der Waals surface area contributed by atoms with Gasteiger partial charge in [-0.1, -0.05) is 12.1 Å². The van der Waals surface area contributed by atoms with Crippen molar-refractivity contribution in [2.75, 3.05) is 13.2 Å². The Morgan fingerprint density at radius 3 is 3.11 bits per heavy atom. The molecule has 1 atom stereocenters. The summed E-state index contributed by atoms with van der Waals surface area (Å²) in [7, 11) is 0. The van der Waals surface area contributed by atoms with Crippen molar-refractivity contribution in [2.45, 2.75) is 19.4 Å². The Balaban J connectivity index is 1.54. The van der Waals surface area contributed by atoms with Crippen LogP contribution in [-0.4, -0.2) is 24.1 Å². The maximum Gasteiger partial charge on any atom is 0.220 e. The van der Waals surface area contributed by atoms with E-state index in [9.17, 15) is 4.79 Å². The summed E-state index contributed by atoms with van der Waals surface area (Å²) >= 11 is 0. The number of aromatic nitrogens is 1. The Labute approximate surface area is 111 Å². The lowest BCUT2D eigenvalue weighted by Gasteiger charge is -2.06. The van der Waals surface area contributed by atoms with Crippen LogP contribution in [0.5, 0.6) is 0 Å². The third-order valence-corrected chi connectivity index (χ3v) is 3.27. The quantitative estimate of drug-likeness (QED) is 0.911. The van der Waals surface area contributed by atoms with Crippen LogP contribution in [0.3, 0.4) is 0 Å². The maximum atomic E-state index is 11.8. The van der Waals surface area contributed by atoms with Gasteiger partial charge in [-0.3, -0.25) is 4.79 Å². The van der Waals surface area contributed by atoms with E-state index in [0.29, 0.717) is 31.4 Å². The van der Waals surface area contributed by atoms with Gasteiger partial charge >= 0.3 is 0 Å². The first-order chi connectivity index (χ1) is 9.31. The van der Waals surface area contributed by atoms with Crippen LogP contribution in [0, 0.1) is 5.92 Å². The number of benzene rings is 1. The van der Waals surface area contributed by atoms with Gasteiger partial charge in [0.15, 0.2) is 5.58 Å². The smallest absolute Gasteiger partial charge is 0.220 e. The van der Waals surface area contributed by atoms with E-state index in [2.05, 4.69) is 10.3 Å². The lowest BCUT2D eigenvalue weighted by Crippen LogP contribution is -2.25. The van der Waals surface area contributed by atoms with Crippen LogP contribution in [-0.2, 0) is 16.1 Å². The zero-order chi connectivity index (χ0) is 13.1. The van der Waals surface area contributed by atoms with Crippen LogP contribution in [0.4, 0.5) is 0 Å². The minimum absolute atomic E-state index is 0.0257. The molecule has 3 rings (SSSR count). The molecule has 0 bridgehead atoms. The number of ether oxygens (including phenoxy) is 1. The Morgan fingerprint density at radius 1 is 1.42 bits per heavy atom. The van der Waals surface area contributed by atoms with E-state index in [1.54, 1.807) is 0 Å². The van der Waals surface area contributed by atoms with E-state index in [1.807, 2.05) is 24.3 Å². The van der Waals surface area contributed by atoms with Crippen LogP contribution in [0.25, 0.3) is 11.1 Å². The van der Waals surface area contributed by atoms with Crippen molar-refractivity contribution in [3.05, 3.63) is 30.2 Å². The second kappa shape index (κ2) is 5.40. The van der Waals surface area contributed by atoms with E-state index in [1.165, 1.54) is 0 Å². The van der Waals surface area contributed by atoms with Gasteiger partial charge < -0.3 is 14.5 Å². The van der Waals surface area contributed by atoms with Crippen LogP contribution in [0.2, 0.25) is 0 Å². The van der Waals surface area contributed by atoms with Crippen molar-refractivity contribution in [3.8, 4) is 0 Å². The van der Waals surface area contributed by atoms with Gasteiger partial charge in [-0.15, -0.1) is 0 Å². The first-order valence-corrected chi connectivity index (χ1v) is 6.50. The second-order valence-electron chi connectivity index (χ2n) is 4.79. The highest BCUT2D eigenvalue weighted by atomic mass is 16.5.